The van der Waals surface area contributed by atoms with Crippen molar-refractivity contribution in [1.82, 2.24) is 29.1 Å². The topological polar surface area (TPSA) is 252 Å². The van der Waals surface area contributed by atoms with E-state index in [-0.39, 0.29) is 0 Å². The second kappa shape index (κ2) is 23.8. The highest BCUT2D eigenvalue weighted by Crippen LogP contribution is 2.47. The molecule has 0 atom stereocenters. The molecule has 4 aromatic heterocycles. The van der Waals surface area contributed by atoms with Crippen LogP contribution in [0.25, 0.3) is 145 Å². The third-order valence-corrected chi connectivity index (χ3v) is 17.3. The molecule has 0 aliphatic heterocycles. The standard InChI is InChI=1S/C82H40N14/c83-41-49-16-24-63(59(33-49)45-87)55-20-28-72-68(37-55)69-38-56(64-25-17-50(42-84)34-60(64)46-88)21-29-73(69)95(72)76-14-7-13-67(82-93-80(53-9-3-1-4-10-53)92-81(94-82)54-11-5-2-6-12-54)78(76)79-77(15-8-32-91-79)96-74-30-22-57(65-26-18-51(43-85)35-61(65)47-89)39-70(74)71-40-58(23-31-75(71)96)66-27-19-52(44-86)36-62(66)48-90/h1-40H. The van der Waals surface area contributed by atoms with Crippen LogP contribution < -0.4 is 0 Å². The second-order valence-electron chi connectivity index (χ2n) is 22.6. The van der Waals surface area contributed by atoms with Gasteiger partial charge in [0, 0.05) is 50.0 Å². The van der Waals surface area contributed by atoms with Crippen molar-refractivity contribution in [1.29, 1.82) is 42.1 Å². The van der Waals surface area contributed by atoms with E-state index in [1.165, 1.54) is 0 Å². The van der Waals surface area contributed by atoms with Crippen LogP contribution in [-0.2, 0) is 0 Å². The minimum Gasteiger partial charge on any atom is -0.309 e. The van der Waals surface area contributed by atoms with Crippen LogP contribution in [0.2, 0.25) is 0 Å². The Hall–Kier alpha value is -14.9. The monoisotopic (exact) mass is 1220 g/mol. The summed E-state index contributed by atoms with van der Waals surface area (Å²) >= 11 is 0. The molecule has 14 heteroatoms. The maximum atomic E-state index is 10.5. The van der Waals surface area contributed by atoms with E-state index >= 15 is 0 Å². The van der Waals surface area contributed by atoms with Crippen molar-refractivity contribution in [3.8, 4) is 150 Å². The van der Waals surface area contributed by atoms with Gasteiger partial charge >= 0.3 is 0 Å². The number of pyridine rings is 1. The number of aromatic nitrogens is 6. The lowest BCUT2D eigenvalue weighted by Crippen LogP contribution is -2.06. The summed E-state index contributed by atoms with van der Waals surface area (Å²) in [6, 6.07) is 91.6. The van der Waals surface area contributed by atoms with Gasteiger partial charge in [-0.15, -0.1) is 0 Å². The summed E-state index contributed by atoms with van der Waals surface area (Å²) in [7, 11) is 0. The third kappa shape index (κ3) is 9.78. The van der Waals surface area contributed by atoms with Crippen molar-refractivity contribution in [3.63, 3.8) is 0 Å². The third-order valence-electron chi connectivity index (χ3n) is 17.3. The molecular weight excluding hydrogens is 1180 g/mol. The number of fused-ring (bicyclic) bond motifs is 6. The summed E-state index contributed by atoms with van der Waals surface area (Å²) < 4.78 is 4.34. The van der Waals surface area contributed by atoms with Crippen LogP contribution in [0.5, 0.6) is 0 Å². The van der Waals surface area contributed by atoms with Crippen molar-refractivity contribution in [2.45, 2.75) is 0 Å². The molecule has 0 saturated carbocycles. The van der Waals surface area contributed by atoms with Gasteiger partial charge in [0.25, 0.3) is 0 Å². The minimum absolute atomic E-state index is 0.327. The first kappa shape index (κ1) is 57.5. The Bertz CT molecular complexity index is 5880. The molecule has 0 aliphatic carbocycles. The van der Waals surface area contributed by atoms with Gasteiger partial charge in [0.05, 0.1) is 132 Å². The minimum atomic E-state index is 0.327. The Morgan fingerprint density at radius 3 is 0.958 bits per heavy atom. The average molecular weight is 1220 g/mol. The van der Waals surface area contributed by atoms with Crippen LogP contribution >= 0.6 is 0 Å². The Morgan fingerprint density at radius 2 is 0.604 bits per heavy atom. The summed E-state index contributed by atoms with van der Waals surface area (Å²) in [6.07, 6.45) is 1.75. The molecule has 0 bridgehead atoms. The number of hydrogen-bond donors (Lipinski definition) is 0. The number of hydrogen-bond acceptors (Lipinski definition) is 12. The Balaban J connectivity index is 1.06. The molecule has 0 amide bonds. The molecule has 14 nitrogen and oxygen atoms in total. The van der Waals surface area contributed by atoms with Crippen LogP contribution in [0.1, 0.15) is 44.5 Å². The zero-order chi connectivity index (χ0) is 65.6. The molecule has 0 spiro atoms. The number of nitriles is 8. The van der Waals surface area contributed by atoms with Gasteiger partial charge in [-0.1, -0.05) is 121 Å². The van der Waals surface area contributed by atoms with Crippen LogP contribution in [0.4, 0.5) is 0 Å². The highest BCUT2D eigenvalue weighted by atomic mass is 15.1. The summed E-state index contributed by atoms with van der Waals surface area (Å²) in [5, 5.41) is 84.7. The van der Waals surface area contributed by atoms with Crippen molar-refractivity contribution >= 4 is 43.6 Å². The second-order valence-corrected chi connectivity index (χ2v) is 22.6. The maximum Gasteiger partial charge on any atom is 0.164 e. The maximum absolute atomic E-state index is 10.5. The van der Waals surface area contributed by atoms with Crippen molar-refractivity contribution in [2.24, 2.45) is 0 Å². The summed E-state index contributed by atoms with van der Waals surface area (Å²) in [5.74, 6) is 1.22. The summed E-state index contributed by atoms with van der Waals surface area (Å²) in [5.41, 5.74) is 15.8. The van der Waals surface area contributed by atoms with E-state index < -0.39 is 0 Å². The molecular formula is C82H40N14. The smallest absolute Gasteiger partial charge is 0.164 e. The SMILES string of the molecule is N#Cc1ccc(-c2ccc3c(c2)c2cc(-c4ccc(C#N)cc4C#N)ccc2n3-c2cccnc2-c2c(-c3nc(-c4ccccc4)nc(-c4ccccc4)n3)cccc2-n2c3ccc(-c4ccc(C#N)cc4C#N)cc3c3cc(-c4ccc(C#N)cc4C#N)ccc32)c(C#N)c1. The molecule has 11 aromatic carbocycles. The van der Waals surface area contributed by atoms with E-state index in [0.717, 1.165) is 77.0 Å². The normalized spacial score (nSPS) is 10.8. The van der Waals surface area contributed by atoms with Gasteiger partial charge in [-0.25, -0.2) is 15.0 Å². The van der Waals surface area contributed by atoms with Crippen LogP contribution in [-0.4, -0.2) is 29.1 Å². The van der Waals surface area contributed by atoms with Crippen molar-refractivity contribution < 1.29 is 0 Å². The predicted octanol–water partition coefficient (Wildman–Crippen LogP) is 17.8. The Labute approximate surface area is 549 Å². The van der Waals surface area contributed by atoms with Crippen LogP contribution in [0.3, 0.4) is 0 Å². The molecule has 438 valence electrons. The van der Waals surface area contributed by atoms with Crippen LogP contribution in [0, 0.1) is 90.6 Å². The van der Waals surface area contributed by atoms with Gasteiger partial charge in [-0.05, 0) is 160 Å². The van der Waals surface area contributed by atoms with Crippen molar-refractivity contribution in [3.05, 3.63) is 287 Å². The number of rotatable bonds is 10. The van der Waals surface area contributed by atoms with Gasteiger partial charge in [0.15, 0.2) is 17.5 Å². The lowest BCUT2D eigenvalue weighted by molar-refractivity contribution is 1.07. The van der Waals surface area contributed by atoms with Gasteiger partial charge in [0.2, 0.25) is 0 Å². The number of nitrogens with zero attached hydrogens (tertiary/aromatic N) is 14. The molecule has 0 radical (unpaired) electrons. The van der Waals surface area contributed by atoms with E-state index in [1.807, 2.05) is 164 Å². The molecule has 0 fully saturated rings. The molecule has 96 heavy (non-hydrogen) atoms. The van der Waals surface area contributed by atoms with Gasteiger partial charge in [-0.3, -0.25) is 4.98 Å². The molecule has 15 rings (SSSR count). The van der Waals surface area contributed by atoms with Gasteiger partial charge < -0.3 is 9.13 Å². The molecule has 0 N–H and O–H groups in total. The zero-order valence-corrected chi connectivity index (χ0v) is 50.4. The summed E-state index contributed by atoms with van der Waals surface area (Å²) in [6.45, 7) is 0. The Morgan fingerprint density at radius 1 is 0.260 bits per heavy atom. The molecule has 0 aliphatic rings. The molecule has 0 unspecified atom stereocenters. The molecule has 4 heterocycles. The van der Waals surface area contributed by atoms with E-state index in [9.17, 15) is 42.1 Å². The first-order valence-corrected chi connectivity index (χ1v) is 30.1. The first-order chi connectivity index (χ1) is 47.2. The van der Waals surface area contributed by atoms with E-state index in [4.69, 9.17) is 19.9 Å². The fourth-order valence-corrected chi connectivity index (χ4v) is 12.9. The Kier molecular flexibility index (Phi) is 14.3. The first-order valence-electron chi connectivity index (χ1n) is 30.1. The zero-order valence-electron chi connectivity index (χ0n) is 50.4. The predicted molar refractivity (Wildman–Crippen MR) is 368 cm³/mol. The lowest BCUT2D eigenvalue weighted by Gasteiger charge is -2.21. The average Bonchev–Trinajstić information content (AvgIpc) is 1.54. The van der Waals surface area contributed by atoms with Crippen LogP contribution in [0.15, 0.2) is 243 Å². The fraction of sp³-hybridized carbons (Fsp3) is 0. The lowest BCUT2D eigenvalue weighted by atomic mass is 9.95. The molecule has 0 saturated heterocycles. The van der Waals surface area contributed by atoms with Gasteiger partial charge in [-0.2, -0.15) is 42.1 Å². The number of benzene rings is 11. The van der Waals surface area contributed by atoms with Crippen molar-refractivity contribution in [2.75, 3.05) is 0 Å². The molecule has 15 aromatic rings. The summed E-state index contributed by atoms with van der Waals surface area (Å²) in [4.78, 5) is 21.3. The largest absolute Gasteiger partial charge is 0.309 e. The van der Waals surface area contributed by atoms with E-state index in [1.54, 1.807) is 79.0 Å². The highest BCUT2D eigenvalue weighted by molar-refractivity contribution is 6.14. The fourth-order valence-electron chi connectivity index (χ4n) is 12.9. The quantitative estimate of drug-likeness (QED) is 0.124. The highest BCUT2D eigenvalue weighted by Gasteiger charge is 2.28. The van der Waals surface area contributed by atoms with E-state index in [2.05, 4.69) is 57.7 Å². The van der Waals surface area contributed by atoms with Gasteiger partial charge in [0.1, 0.15) is 0 Å². The van der Waals surface area contributed by atoms with E-state index in [0.29, 0.717) is 112 Å².